The number of piperidine rings is 1. The number of rotatable bonds is 2. The van der Waals surface area contributed by atoms with Gasteiger partial charge in [-0.1, -0.05) is 29.8 Å². The fourth-order valence-electron chi connectivity index (χ4n) is 2.49. The van der Waals surface area contributed by atoms with Crippen molar-refractivity contribution in [2.75, 3.05) is 6.54 Å². The van der Waals surface area contributed by atoms with Gasteiger partial charge >= 0.3 is 0 Å². The van der Waals surface area contributed by atoms with Crippen molar-refractivity contribution >= 4 is 17.5 Å². The number of benzene rings is 1. The largest absolute Gasteiger partial charge is 0.340 e. The molecule has 1 amide bonds. The van der Waals surface area contributed by atoms with Gasteiger partial charge in [-0.05, 0) is 31.4 Å². The third-order valence-corrected chi connectivity index (χ3v) is 3.91. The second-order valence-electron chi connectivity index (χ2n) is 4.99. The van der Waals surface area contributed by atoms with Gasteiger partial charge < -0.3 is 10.6 Å². The fourth-order valence-corrected chi connectivity index (χ4v) is 2.69. The smallest absolute Gasteiger partial charge is 0.227 e. The molecule has 1 aliphatic heterocycles. The van der Waals surface area contributed by atoms with E-state index in [2.05, 4.69) is 6.92 Å². The lowest BCUT2D eigenvalue weighted by molar-refractivity contribution is -0.133. The first kappa shape index (κ1) is 13.4. The number of hydrogen-bond donors (Lipinski definition) is 1. The number of carbonyl (C=O) groups excluding carboxylic acids is 1. The summed E-state index contributed by atoms with van der Waals surface area (Å²) in [6.45, 7) is 2.81. The summed E-state index contributed by atoms with van der Waals surface area (Å²) in [5.41, 5.74) is 6.80. The van der Waals surface area contributed by atoms with Crippen LogP contribution in [0.1, 0.15) is 25.3 Å². The van der Waals surface area contributed by atoms with Gasteiger partial charge in [0.05, 0.1) is 6.42 Å². The lowest BCUT2D eigenvalue weighted by Gasteiger charge is -2.36. The zero-order chi connectivity index (χ0) is 13.1. The molecule has 2 N–H and O–H groups in total. The zero-order valence-electron chi connectivity index (χ0n) is 10.6. The van der Waals surface area contributed by atoms with Gasteiger partial charge in [0, 0.05) is 23.7 Å². The summed E-state index contributed by atoms with van der Waals surface area (Å²) in [4.78, 5) is 14.2. The monoisotopic (exact) mass is 266 g/mol. The van der Waals surface area contributed by atoms with Gasteiger partial charge in [-0.25, -0.2) is 0 Å². The molecule has 0 aromatic heterocycles. The molecular formula is C14H19ClN2O. The quantitative estimate of drug-likeness (QED) is 0.892. The highest BCUT2D eigenvalue weighted by atomic mass is 35.5. The molecule has 0 spiro atoms. The van der Waals surface area contributed by atoms with E-state index in [1.165, 1.54) is 0 Å². The van der Waals surface area contributed by atoms with Crippen LogP contribution in [0.5, 0.6) is 0 Å². The van der Waals surface area contributed by atoms with Crippen molar-refractivity contribution in [1.82, 2.24) is 4.90 Å². The molecule has 2 unspecified atom stereocenters. The number of likely N-dealkylation sites (tertiary alicyclic amines) is 1. The average molecular weight is 267 g/mol. The van der Waals surface area contributed by atoms with Crippen LogP contribution >= 0.6 is 11.6 Å². The number of carbonyl (C=O) groups is 1. The van der Waals surface area contributed by atoms with Crippen molar-refractivity contribution in [2.24, 2.45) is 5.73 Å². The number of amides is 1. The zero-order valence-corrected chi connectivity index (χ0v) is 11.4. The van der Waals surface area contributed by atoms with Gasteiger partial charge in [0.15, 0.2) is 0 Å². The number of halogens is 1. The molecule has 4 heteroatoms. The van der Waals surface area contributed by atoms with Crippen molar-refractivity contribution in [2.45, 2.75) is 38.3 Å². The molecule has 2 rings (SSSR count). The van der Waals surface area contributed by atoms with E-state index in [0.29, 0.717) is 11.4 Å². The standard InChI is InChI=1S/C14H19ClN2O/c1-10-8-12(16)6-7-17(10)14(18)9-11-4-2-3-5-13(11)15/h2-5,10,12H,6-9,16H2,1H3. The molecule has 1 aromatic carbocycles. The van der Waals surface area contributed by atoms with Crippen LogP contribution in [0.3, 0.4) is 0 Å². The summed E-state index contributed by atoms with van der Waals surface area (Å²) in [7, 11) is 0. The van der Waals surface area contributed by atoms with Crippen LogP contribution in [-0.4, -0.2) is 29.4 Å². The van der Waals surface area contributed by atoms with Crippen LogP contribution < -0.4 is 5.73 Å². The Hall–Kier alpha value is -1.06. The minimum Gasteiger partial charge on any atom is -0.340 e. The summed E-state index contributed by atoms with van der Waals surface area (Å²) in [6.07, 6.45) is 2.14. The Kier molecular flexibility index (Phi) is 4.25. The predicted molar refractivity (Wildman–Crippen MR) is 73.5 cm³/mol. The molecule has 3 nitrogen and oxygen atoms in total. The first-order valence-electron chi connectivity index (χ1n) is 6.36. The molecule has 98 valence electrons. The Morgan fingerprint density at radius 3 is 2.89 bits per heavy atom. The van der Waals surface area contributed by atoms with Gasteiger partial charge in [-0.2, -0.15) is 0 Å². The van der Waals surface area contributed by atoms with E-state index in [1.54, 1.807) is 0 Å². The van der Waals surface area contributed by atoms with E-state index in [-0.39, 0.29) is 18.0 Å². The molecule has 0 radical (unpaired) electrons. The van der Waals surface area contributed by atoms with E-state index in [0.717, 1.165) is 24.9 Å². The Balaban J connectivity index is 2.02. The predicted octanol–water partition coefficient (Wildman–Crippen LogP) is 2.22. The lowest BCUT2D eigenvalue weighted by Crippen LogP contribution is -2.48. The topological polar surface area (TPSA) is 46.3 Å². The van der Waals surface area contributed by atoms with E-state index in [4.69, 9.17) is 17.3 Å². The molecule has 1 heterocycles. The minimum absolute atomic E-state index is 0.141. The first-order valence-corrected chi connectivity index (χ1v) is 6.74. The van der Waals surface area contributed by atoms with Crippen LogP contribution in [0.4, 0.5) is 0 Å². The van der Waals surface area contributed by atoms with Gasteiger partial charge in [-0.3, -0.25) is 4.79 Å². The Morgan fingerprint density at radius 1 is 1.50 bits per heavy atom. The molecular weight excluding hydrogens is 248 g/mol. The Labute approximate surface area is 113 Å². The molecule has 2 atom stereocenters. The average Bonchev–Trinajstić information content (AvgIpc) is 2.32. The van der Waals surface area contributed by atoms with Crippen LogP contribution in [0.2, 0.25) is 5.02 Å². The maximum atomic E-state index is 12.3. The summed E-state index contributed by atoms with van der Waals surface area (Å²) < 4.78 is 0. The van der Waals surface area contributed by atoms with Gasteiger partial charge in [0.2, 0.25) is 5.91 Å². The molecule has 1 saturated heterocycles. The van der Waals surface area contributed by atoms with E-state index in [1.807, 2.05) is 29.2 Å². The lowest BCUT2D eigenvalue weighted by atomic mass is 9.98. The highest BCUT2D eigenvalue weighted by molar-refractivity contribution is 6.31. The van der Waals surface area contributed by atoms with E-state index in [9.17, 15) is 4.79 Å². The van der Waals surface area contributed by atoms with E-state index >= 15 is 0 Å². The van der Waals surface area contributed by atoms with Crippen molar-refractivity contribution in [3.63, 3.8) is 0 Å². The first-order chi connectivity index (χ1) is 8.58. The molecule has 18 heavy (non-hydrogen) atoms. The highest BCUT2D eigenvalue weighted by Gasteiger charge is 2.27. The molecule has 1 fully saturated rings. The number of hydrogen-bond acceptors (Lipinski definition) is 2. The number of nitrogens with zero attached hydrogens (tertiary/aromatic N) is 1. The van der Waals surface area contributed by atoms with Crippen molar-refractivity contribution in [1.29, 1.82) is 0 Å². The van der Waals surface area contributed by atoms with Crippen LogP contribution in [0.25, 0.3) is 0 Å². The van der Waals surface area contributed by atoms with Crippen molar-refractivity contribution < 1.29 is 4.79 Å². The molecule has 0 saturated carbocycles. The highest BCUT2D eigenvalue weighted by Crippen LogP contribution is 2.20. The summed E-state index contributed by atoms with van der Waals surface area (Å²) in [5.74, 6) is 0.141. The van der Waals surface area contributed by atoms with Crippen LogP contribution in [0, 0.1) is 0 Å². The Bertz CT molecular complexity index is 436. The normalized spacial score (nSPS) is 24.1. The SMILES string of the molecule is CC1CC(N)CCN1C(=O)Cc1ccccc1Cl. The Morgan fingerprint density at radius 2 is 2.22 bits per heavy atom. The maximum absolute atomic E-state index is 12.3. The van der Waals surface area contributed by atoms with Gasteiger partial charge in [0.25, 0.3) is 0 Å². The van der Waals surface area contributed by atoms with E-state index < -0.39 is 0 Å². The summed E-state index contributed by atoms with van der Waals surface area (Å²) in [5, 5.41) is 0.659. The van der Waals surface area contributed by atoms with Crippen molar-refractivity contribution in [3.05, 3.63) is 34.9 Å². The van der Waals surface area contributed by atoms with Gasteiger partial charge in [-0.15, -0.1) is 0 Å². The van der Waals surface area contributed by atoms with Gasteiger partial charge in [0.1, 0.15) is 0 Å². The third-order valence-electron chi connectivity index (χ3n) is 3.54. The molecule has 0 aliphatic carbocycles. The second-order valence-corrected chi connectivity index (χ2v) is 5.40. The summed E-state index contributed by atoms with van der Waals surface area (Å²) in [6, 6.07) is 7.96. The van der Waals surface area contributed by atoms with Crippen LogP contribution in [-0.2, 0) is 11.2 Å². The van der Waals surface area contributed by atoms with Crippen LogP contribution in [0.15, 0.2) is 24.3 Å². The maximum Gasteiger partial charge on any atom is 0.227 e. The summed E-state index contributed by atoms with van der Waals surface area (Å²) >= 11 is 6.08. The fraction of sp³-hybridized carbons (Fsp3) is 0.500. The molecule has 0 bridgehead atoms. The third kappa shape index (κ3) is 3.03. The number of nitrogens with two attached hydrogens (primary N) is 1. The van der Waals surface area contributed by atoms with Crippen molar-refractivity contribution in [3.8, 4) is 0 Å². The molecule has 1 aliphatic rings. The minimum atomic E-state index is 0.141. The second kappa shape index (κ2) is 5.72. The molecule has 1 aromatic rings.